The fourth-order valence-corrected chi connectivity index (χ4v) is 3.81. The molecule has 3 atom stereocenters. The zero-order chi connectivity index (χ0) is 15.0. The summed E-state index contributed by atoms with van der Waals surface area (Å²) in [5.74, 6) is -0.262. The first-order valence-electron chi connectivity index (χ1n) is 7.33. The minimum absolute atomic E-state index is 0.0107. The summed E-state index contributed by atoms with van der Waals surface area (Å²) in [7, 11) is 0. The van der Waals surface area contributed by atoms with E-state index >= 15 is 0 Å². The number of nitrogens with zero attached hydrogens (tertiary/aromatic N) is 1. The molecule has 0 saturated carbocycles. The molecule has 3 heterocycles. The normalized spacial score (nSPS) is 28.0. The highest BCUT2D eigenvalue weighted by Crippen LogP contribution is 2.34. The highest BCUT2D eigenvalue weighted by Gasteiger charge is 2.50. The Morgan fingerprint density at radius 1 is 1.48 bits per heavy atom. The average Bonchev–Trinajstić information content (AvgIpc) is 3.14. The molecule has 0 radical (unpaired) electrons. The molecule has 0 bridgehead atoms. The Morgan fingerprint density at radius 2 is 2.29 bits per heavy atom. The molecule has 2 aliphatic heterocycles. The summed E-state index contributed by atoms with van der Waals surface area (Å²) in [4.78, 5) is 26.7. The zero-order valence-electron chi connectivity index (χ0n) is 12.2. The molecule has 1 aromatic rings. The van der Waals surface area contributed by atoms with Gasteiger partial charge in [0.2, 0.25) is 5.91 Å². The summed E-state index contributed by atoms with van der Waals surface area (Å²) >= 11 is 1.51. The molecule has 1 N–H and O–H groups in total. The standard InChI is InChI=1S/C15H20N2O3S/c1-9(2)16-14(18)11-7-17(12-3-5-20-13(11)12)15(19)10-4-6-21-8-10/h4,6,8-9,11-13H,3,5,7H2,1-2H3,(H,16,18). The van der Waals surface area contributed by atoms with Gasteiger partial charge < -0.3 is 15.0 Å². The maximum absolute atomic E-state index is 12.6. The van der Waals surface area contributed by atoms with E-state index in [1.807, 2.05) is 35.6 Å². The van der Waals surface area contributed by atoms with E-state index in [0.29, 0.717) is 18.7 Å². The molecular weight excluding hydrogens is 288 g/mol. The SMILES string of the molecule is CC(C)NC(=O)C1CN(C(=O)c2ccsc2)C2CCOC12. The maximum Gasteiger partial charge on any atom is 0.255 e. The third kappa shape index (κ3) is 2.70. The van der Waals surface area contributed by atoms with Crippen molar-refractivity contribution in [2.75, 3.05) is 13.2 Å². The highest BCUT2D eigenvalue weighted by molar-refractivity contribution is 7.08. The Labute approximate surface area is 128 Å². The fraction of sp³-hybridized carbons (Fsp3) is 0.600. The van der Waals surface area contributed by atoms with Crippen LogP contribution in [0.25, 0.3) is 0 Å². The van der Waals surface area contributed by atoms with Crippen molar-refractivity contribution >= 4 is 23.2 Å². The van der Waals surface area contributed by atoms with Gasteiger partial charge in [0, 0.05) is 24.6 Å². The molecule has 2 saturated heterocycles. The molecular formula is C15H20N2O3S. The molecule has 1 aromatic heterocycles. The van der Waals surface area contributed by atoms with Crippen LogP contribution in [0.1, 0.15) is 30.6 Å². The largest absolute Gasteiger partial charge is 0.375 e. The van der Waals surface area contributed by atoms with Gasteiger partial charge in [0.25, 0.3) is 5.91 Å². The van der Waals surface area contributed by atoms with Crippen LogP contribution in [0.3, 0.4) is 0 Å². The van der Waals surface area contributed by atoms with Gasteiger partial charge in [-0.15, -0.1) is 0 Å². The Kier molecular flexibility index (Phi) is 3.99. The number of ether oxygens (including phenoxy) is 1. The van der Waals surface area contributed by atoms with E-state index in [1.165, 1.54) is 11.3 Å². The van der Waals surface area contributed by atoms with Crippen molar-refractivity contribution in [2.24, 2.45) is 5.92 Å². The molecule has 114 valence electrons. The smallest absolute Gasteiger partial charge is 0.255 e. The van der Waals surface area contributed by atoms with Crippen molar-refractivity contribution in [1.82, 2.24) is 10.2 Å². The van der Waals surface area contributed by atoms with Gasteiger partial charge in [0.05, 0.1) is 23.6 Å². The van der Waals surface area contributed by atoms with Gasteiger partial charge in [-0.3, -0.25) is 9.59 Å². The van der Waals surface area contributed by atoms with Crippen molar-refractivity contribution in [3.05, 3.63) is 22.4 Å². The Bertz CT molecular complexity index is 529. The zero-order valence-corrected chi connectivity index (χ0v) is 13.1. The first kappa shape index (κ1) is 14.5. The predicted octanol–water partition coefficient (Wildman–Crippen LogP) is 1.50. The van der Waals surface area contributed by atoms with Crippen LogP contribution < -0.4 is 5.32 Å². The molecule has 2 fully saturated rings. The van der Waals surface area contributed by atoms with Crippen molar-refractivity contribution < 1.29 is 14.3 Å². The number of rotatable bonds is 3. The van der Waals surface area contributed by atoms with Crippen LogP contribution in [-0.4, -0.2) is 48.1 Å². The van der Waals surface area contributed by atoms with Crippen molar-refractivity contribution in [1.29, 1.82) is 0 Å². The Hall–Kier alpha value is -1.40. The van der Waals surface area contributed by atoms with Gasteiger partial charge in [0.15, 0.2) is 0 Å². The first-order chi connectivity index (χ1) is 10.1. The van der Waals surface area contributed by atoms with Crippen LogP contribution in [0.2, 0.25) is 0 Å². The number of amides is 2. The number of carbonyl (C=O) groups is 2. The summed E-state index contributed by atoms with van der Waals surface area (Å²) in [6.45, 7) is 4.94. The van der Waals surface area contributed by atoms with E-state index < -0.39 is 0 Å². The third-order valence-corrected chi connectivity index (χ3v) is 4.77. The predicted molar refractivity (Wildman–Crippen MR) is 80.3 cm³/mol. The first-order valence-corrected chi connectivity index (χ1v) is 8.27. The van der Waals surface area contributed by atoms with E-state index in [-0.39, 0.29) is 35.9 Å². The lowest BCUT2D eigenvalue weighted by Gasteiger charge is -2.21. The quantitative estimate of drug-likeness (QED) is 0.920. The van der Waals surface area contributed by atoms with Crippen LogP contribution in [-0.2, 0) is 9.53 Å². The third-order valence-electron chi connectivity index (χ3n) is 4.09. The molecule has 3 unspecified atom stereocenters. The van der Waals surface area contributed by atoms with Gasteiger partial charge in [-0.05, 0) is 31.7 Å². The lowest BCUT2D eigenvalue weighted by molar-refractivity contribution is -0.128. The monoisotopic (exact) mass is 308 g/mol. The molecule has 3 rings (SSSR count). The van der Waals surface area contributed by atoms with Crippen LogP contribution in [0.15, 0.2) is 16.8 Å². The molecule has 6 heteroatoms. The Morgan fingerprint density at radius 3 is 2.95 bits per heavy atom. The van der Waals surface area contributed by atoms with Crippen molar-refractivity contribution in [3.8, 4) is 0 Å². The number of hydrogen-bond donors (Lipinski definition) is 1. The summed E-state index contributed by atoms with van der Waals surface area (Å²) < 4.78 is 5.74. The van der Waals surface area contributed by atoms with Crippen molar-refractivity contribution in [2.45, 2.75) is 38.5 Å². The molecule has 5 nitrogen and oxygen atoms in total. The number of thiophene rings is 1. The van der Waals surface area contributed by atoms with Gasteiger partial charge in [0.1, 0.15) is 0 Å². The summed E-state index contributed by atoms with van der Waals surface area (Å²) in [5.41, 5.74) is 0.704. The molecule has 2 amide bonds. The number of likely N-dealkylation sites (tertiary alicyclic amines) is 1. The number of nitrogens with one attached hydrogen (secondary N) is 1. The second kappa shape index (κ2) is 5.77. The topological polar surface area (TPSA) is 58.6 Å². The lowest BCUT2D eigenvalue weighted by Crippen LogP contribution is -2.41. The van der Waals surface area contributed by atoms with E-state index in [0.717, 1.165) is 6.42 Å². The highest BCUT2D eigenvalue weighted by atomic mass is 32.1. The minimum Gasteiger partial charge on any atom is -0.375 e. The van der Waals surface area contributed by atoms with Gasteiger partial charge in [-0.25, -0.2) is 0 Å². The van der Waals surface area contributed by atoms with Crippen LogP contribution in [0, 0.1) is 5.92 Å². The molecule has 2 aliphatic rings. The van der Waals surface area contributed by atoms with Crippen molar-refractivity contribution in [3.63, 3.8) is 0 Å². The molecule has 21 heavy (non-hydrogen) atoms. The van der Waals surface area contributed by atoms with Gasteiger partial charge in [-0.1, -0.05) is 0 Å². The number of hydrogen-bond acceptors (Lipinski definition) is 4. The van der Waals surface area contributed by atoms with E-state index in [1.54, 1.807) is 0 Å². The number of fused-ring (bicyclic) bond motifs is 1. The van der Waals surface area contributed by atoms with Gasteiger partial charge >= 0.3 is 0 Å². The van der Waals surface area contributed by atoms with Gasteiger partial charge in [-0.2, -0.15) is 11.3 Å². The number of carbonyl (C=O) groups excluding carboxylic acids is 2. The second-order valence-corrected chi connectivity index (χ2v) is 6.71. The molecule has 0 spiro atoms. The molecule has 0 aromatic carbocycles. The van der Waals surface area contributed by atoms with E-state index in [9.17, 15) is 9.59 Å². The van der Waals surface area contributed by atoms with E-state index in [4.69, 9.17) is 4.74 Å². The Balaban J connectivity index is 1.78. The summed E-state index contributed by atoms with van der Waals surface area (Å²) in [6, 6.07) is 1.96. The average molecular weight is 308 g/mol. The summed E-state index contributed by atoms with van der Waals surface area (Å²) in [5, 5.41) is 6.69. The summed E-state index contributed by atoms with van der Waals surface area (Å²) in [6.07, 6.45) is 0.651. The van der Waals surface area contributed by atoms with Crippen LogP contribution in [0.5, 0.6) is 0 Å². The minimum atomic E-state index is -0.262. The second-order valence-electron chi connectivity index (χ2n) is 5.93. The van der Waals surface area contributed by atoms with E-state index in [2.05, 4.69) is 5.32 Å². The van der Waals surface area contributed by atoms with Crippen LogP contribution in [0.4, 0.5) is 0 Å². The lowest BCUT2D eigenvalue weighted by atomic mass is 10.0. The maximum atomic E-state index is 12.6. The van der Waals surface area contributed by atoms with Crippen LogP contribution >= 0.6 is 11.3 Å². The fourth-order valence-electron chi connectivity index (χ4n) is 3.18. The molecule has 0 aliphatic carbocycles.